The summed E-state index contributed by atoms with van der Waals surface area (Å²) >= 11 is 0. The van der Waals surface area contributed by atoms with Gasteiger partial charge in [0.2, 0.25) is 23.6 Å². The van der Waals surface area contributed by atoms with Gasteiger partial charge in [-0.25, -0.2) is 4.79 Å². The molecule has 0 saturated carbocycles. The van der Waals surface area contributed by atoms with Gasteiger partial charge in [-0.1, -0.05) is 18.2 Å². The number of hydrogen-bond acceptors (Lipinski definition) is 8. The zero-order chi connectivity index (χ0) is 29.3. The molecule has 11 N–H and O–H groups in total. The lowest BCUT2D eigenvalue weighted by Crippen LogP contribution is -2.58. The fourth-order valence-corrected chi connectivity index (χ4v) is 3.69. The highest BCUT2D eigenvalue weighted by atomic mass is 16.4. The van der Waals surface area contributed by atoms with Gasteiger partial charge < -0.3 is 47.7 Å². The van der Waals surface area contributed by atoms with Gasteiger partial charge in [-0.15, -0.1) is 0 Å². The van der Waals surface area contributed by atoms with Gasteiger partial charge in [0.15, 0.2) is 0 Å². The number of carboxylic acid groups (broad SMARTS) is 2. The minimum atomic E-state index is -1.68. The molecule has 4 amide bonds. The standard InChI is InChI=1S/C24H32N6O9/c1-11(31)20(26)23(37)30-17(9-19(33)34)22(36)29-16(8-12-10-27-14-5-3-2-4-13(12)14)21(35)28-15(24(38)39)6-7-18(25)32/h2-5,10-11,15-17,20,27,31H,6-9,26H2,1H3,(H2,25,32)(H,28,35)(H,29,36)(H,30,37)(H,33,34)(H,38,39). The molecule has 0 aliphatic carbocycles. The summed E-state index contributed by atoms with van der Waals surface area (Å²) in [7, 11) is 0. The summed E-state index contributed by atoms with van der Waals surface area (Å²) in [6.45, 7) is 1.23. The number of H-pyrrole nitrogens is 1. The number of aromatic amines is 1. The lowest BCUT2D eigenvalue weighted by atomic mass is 10.0. The molecule has 2 aromatic rings. The minimum Gasteiger partial charge on any atom is -0.481 e. The fraction of sp³-hybridized carbons (Fsp3) is 0.417. The molecule has 15 nitrogen and oxygen atoms in total. The zero-order valence-electron chi connectivity index (χ0n) is 21.0. The van der Waals surface area contributed by atoms with Crippen molar-refractivity contribution in [1.82, 2.24) is 20.9 Å². The Balaban J connectivity index is 2.34. The van der Waals surface area contributed by atoms with Gasteiger partial charge in [0, 0.05) is 29.9 Å². The van der Waals surface area contributed by atoms with E-state index in [2.05, 4.69) is 20.9 Å². The summed E-state index contributed by atoms with van der Waals surface area (Å²) in [6.07, 6.45) is -1.36. The van der Waals surface area contributed by atoms with Crippen molar-refractivity contribution < 1.29 is 44.1 Å². The summed E-state index contributed by atoms with van der Waals surface area (Å²) in [5.41, 5.74) is 12.0. The molecule has 0 spiro atoms. The number of carbonyl (C=O) groups excluding carboxylic acids is 4. The maximum atomic E-state index is 13.2. The predicted molar refractivity (Wildman–Crippen MR) is 136 cm³/mol. The van der Waals surface area contributed by atoms with Crippen LogP contribution in [0.4, 0.5) is 0 Å². The number of amides is 4. The van der Waals surface area contributed by atoms with Gasteiger partial charge in [0.1, 0.15) is 24.2 Å². The molecule has 15 heteroatoms. The Labute approximate surface area is 222 Å². The highest BCUT2D eigenvalue weighted by molar-refractivity contribution is 5.96. The third kappa shape index (κ3) is 9.08. The molecule has 212 valence electrons. The first kappa shape index (κ1) is 30.7. The van der Waals surface area contributed by atoms with Crippen LogP contribution in [-0.2, 0) is 35.2 Å². The number of hydrogen-bond donors (Lipinski definition) is 9. The molecule has 5 atom stereocenters. The first-order valence-electron chi connectivity index (χ1n) is 11.9. The van der Waals surface area contributed by atoms with E-state index in [1.807, 2.05) is 0 Å². The number of aliphatic carboxylic acids is 2. The summed E-state index contributed by atoms with van der Waals surface area (Å²) in [6, 6.07) is 1.00. The van der Waals surface area contributed by atoms with Gasteiger partial charge in [0.05, 0.1) is 12.5 Å². The topological polar surface area (TPSA) is 267 Å². The van der Waals surface area contributed by atoms with Crippen molar-refractivity contribution >= 4 is 46.5 Å². The van der Waals surface area contributed by atoms with E-state index in [-0.39, 0.29) is 19.3 Å². The van der Waals surface area contributed by atoms with E-state index in [9.17, 15) is 44.1 Å². The Morgan fingerprint density at radius 2 is 1.51 bits per heavy atom. The van der Waals surface area contributed by atoms with E-state index >= 15 is 0 Å². The van der Waals surface area contributed by atoms with Crippen molar-refractivity contribution in [3.05, 3.63) is 36.0 Å². The van der Waals surface area contributed by atoms with Crippen molar-refractivity contribution in [1.29, 1.82) is 0 Å². The van der Waals surface area contributed by atoms with Crippen LogP contribution in [0, 0.1) is 0 Å². The SMILES string of the molecule is CC(O)C(N)C(=O)NC(CC(=O)O)C(=O)NC(Cc1c[nH]c2ccccc12)C(=O)NC(CCC(N)=O)C(=O)O. The number of rotatable bonds is 15. The summed E-state index contributed by atoms with van der Waals surface area (Å²) < 4.78 is 0. The van der Waals surface area contributed by atoms with E-state index in [4.69, 9.17) is 11.5 Å². The third-order valence-corrected chi connectivity index (χ3v) is 5.86. The van der Waals surface area contributed by atoms with Crippen molar-refractivity contribution in [3.8, 4) is 0 Å². The highest BCUT2D eigenvalue weighted by Crippen LogP contribution is 2.19. The van der Waals surface area contributed by atoms with Gasteiger partial charge in [-0.2, -0.15) is 0 Å². The molecule has 39 heavy (non-hydrogen) atoms. The average Bonchev–Trinajstić information content (AvgIpc) is 3.27. The first-order chi connectivity index (χ1) is 18.3. The second kappa shape index (κ2) is 13.9. The molecular weight excluding hydrogens is 516 g/mol. The lowest BCUT2D eigenvalue weighted by molar-refractivity contribution is -0.143. The highest BCUT2D eigenvalue weighted by Gasteiger charge is 2.32. The molecular formula is C24H32N6O9. The predicted octanol–water partition coefficient (Wildman–Crippen LogP) is -2.30. The minimum absolute atomic E-state index is 0.148. The number of benzene rings is 1. The molecule has 0 fully saturated rings. The normalized spacial score (nSPS) is 14.8. The molecule has 2 rings (SSSR count). The number of carboxylic acids is 2. The van der Waals surface area contributed by atoms with E-state index in [1.54, 1.807) is 30.5 Å². The molecule has 0 bridgehead atoms. The van der Waals surface area contributed by atoms with Crippen molar-refractivity contribution in [3.63, 3.8) is 0 Å². The number of nitrogens with two attached hydrogens (primary N) is 2. The number of para-hydroxylation sites is 1. The Morgan fingerprint density at radius 3 is 2.10 bits per heavy atom. The number of carbonyl (C=O) groups is 6. The van der Waals surface area contributed by atoms with Gasteiger partial charge in [-0.05, 0) is 25.0 Å². The van der Waals surface area contributed by atoms with Crippen molar-refractivity contribution in [2.45, 2.75) is 62.9 Å². The molecule has 0 radical (unpaired) electrons. The number of nitrogens with one attached hydrogen (secondary N) is 4. The van der Waals surface area contributed by atoms with Crippen LogP contribution in [0.25, 0.3) is 10.9 Å². The maximum absolute atomic E-state index is 13.2. The molecule has 0 aliphatic rings. The second-order valence-corrected chi connectivity index (χ2v) is 8.95. The molecule has 0 aliphatic heterocycles. The Kier molecular flexibility index (Phi) is 10.9. The Morgan fingerprint density at radius 1 is 0.923 bits per heavy atom. The lowest BCUT2D eigenvalue weighted by Gasteiger charge is -2.25. The van der Waals surface area contributed by atoms with Crippen LogP contribution in [0.15, 0.2) is 30.5 Å². The Bertz CT molecular complexity index is 1230. The Hall–Kier alpha value is -4.50. The van der Waals surface area contributed by atoms with E-state index in [1.165, 1.54) is 6.92 Å². The van der Waals surface area contributed by atoms with Crippen molar-refractivity contribution in [2.24, 2.45) is 11.5 Å². The third-order valence-electron chi connectivity index (χ3n) is 5.86. The quantitative estimate of drug-likeness (QED) is 0.115. The largest absolute Gasteiger partial charge is 0.481 e. The van der Waals surface area contributed by atoms with E-state index in [0.29, 0.717) is 10.9 Å². The van der Waals surface area contributed by atoms with Crippen molar-refractivity contribution in [2.75, 3.05) is 0 Å². The smallest absolute Gasteiger partial charge is 0.326 e. The van der Waals surface area contributed by atoms with Gasteiger partial charge >= 0.3 is 11.9 Å². The molecule has 0 saturated heterocycles. The van der Waals surface area contributed by atoms with E-state index in [0.717, 1.165) is 5.52 Å². The van der Waals surface area contributed by atoms with Gasteiger partial charge in [-0.3, -0.25) is 24.0 Å². The second-order valence-electron chi connectivity index (χ2n) is 8.95. The molecule has 1 heterocycles. The molecule has 1 aromatic carbocycles. The van der Waals surface area contributed by atoms with Crippen LogP contribution >= 0.6 is 0 Å². The van der Waals surface area contributed by atoms with E-state index < -0.39 is 72.3 Å². The van der Waals surface area contributed by atoms with Crippen LogP contribution < -0.4 is 27.4 Å². The number of primary amides is 1. The van der Waals surface area contributed by atoms with Crippen LogP contribution in [0.2, 0.25) is 0 Å². The maximum Gasteiger partial charge on any atom is 0.326 e. The van der Waals surface area contributed by atoms with Crippen LogP contribution in [0.3, 0.4) is 0 Å². The number of aliphatic hydroxyl groups is 1. The molecule has 1 aromatic heterocycles. The number of aromatic nitrogens is 1. The summed E-state index contributed by atoms with van der Waals surface area (Å²) in [5, 5.41) is 35.8. The first-order valence-corrected chi connectivity index (χ1v) is 11.9. The van der Waals surface area contributed by atoms with Gasteiger partial charge in [0.25, 0.3) is 0 Å². The van der Waals surface area contributed by atoms with Crippen LogP contribution in [-0.4, -0.2) is 86.1 Å². The summed E-state index contributed by atoms with van der Waals surface area (Å²) in [4.78, 5) is 75.7. The zero-order valence-corrected chi connectivity index (χ0v) is 21.0. The number of aliphatic hydroxyl groups excluding tert-OH is 1. The van der Waals surface area contributed by atoms with Crippen LogP contribution in [0.1, 0.15) is 31.7 Å². The van der Waals surface area contributed by atoms with Crippen LogP contribution in [0.5, 0.6) is 0 Å². The fourth-order valence-electron chi connectivity index (χ4n) is 3.69. The summed E-state index contributed by atoms with van der Waals surface area (Å²) in [5.74, 6) is -6.66. The monoisotopic (exact) mass is 548 g/mol. The number of fused-ring (bicyclic) bond motifs is 1. The molecule has 5 unspecified atom stereocenters. The average molecular weight is 549 g/mol.